The molecule has 0 aliphatic carbocycles. The molecule has 0 spiro atoms. The van der Waals surface area contributed by atoms with E-state index in [2.05, 4.69) is 5.32 Å². The first-order valence-corrected chi connectivity index (χ1v) is 7.18. The number of hydrogen-bond acceptors (Lipinski definition) is 3. The van der Waals surface area contributed by atoms with Crippen molar-refractivity contribution in [3.8, 4) is 11.5 Å². The number of fused-ring (bicyclic) bond motifs is 1. The van der Waals surface area contributed by atoms with Crippen molar-refractivity contribution in [2.24, 2.45) is 0 Å². The second-order valence-electron chi connectivity index (χ2n) is 5.30. The highest BCUT2D eigenvalue weighted by Crippen LogP contribution is 2.33. The Morgan fingerprint density at radius 1 is 1.09 bits per heavy atom. The average molecular weight is 319 g/mol. The average Bonchev–Trinajstić information content (AvgIpc) is 2.51. The van der Waals surface area contributed by atoms with E-state index in [0.717, 1.165) is 6.07 Å². The van der Waals surface area contributed by atoms with E-state index in [1.807, 2.05) is 6.07 Å². The molecule has 1 heterocycles. The van der Waals surface area contributed by atoms with E-state index in [9.17, 15) is 13.6 Å². The van der Waals surface area contributed by atoms with Gasteiger partial charge in [0.05, 0.1) is 0 Å². The Morgan fingerprint density at radius 2 is 1.70 bits per heavy atom. The van der Waals surface area contributed by atoms with Gasteiger partial charge in [0.2, 0.25) is 6.10 Å². The summed E-state index contributed by atoms with van der Waals surface area (Å²) in [6.07, 6.45) is -1.31. The van der Waals surface area contributed by atoms with Crippen molar-refractivity contribution in [2.45, 2.75) is 25.7 Å². The van der Waals surface area contributed by atoms with Crippen molar-refractivity contribution < 1.29 is 23.0 Å². The zero-order valence-electron chi connectivity index (χ0n) is 12.4. The highest BCUT2D eigenvalue weighted by atomic mass is 19.1. The van der Waals surface area contributed by atoms with Gasteiger partial charge in [-0.15, -0.1) is 0 Å². The number of carbonyl (C=O) groups excluding carboxylic acids is 1. The zero-order valence-corrected chi connectivity index (χ0v) is 12.4. The Labute approximate surface area is 132 Å². The number of nitrogens with one attached hydrogen (secondary N) is 1. The Bertz CT molecular complexity index is 715. The van der Waals surface area contributed by atoms with Crippen LogP contribution in [0.25, 0.3) is 0 Å². The number of hydrogen-bond donors (Lipinski definition) is 1. The van der Waals surface area contributed by atoms with Crippen molar-refractivity contribution in [3.63, 3.8) is 0 Å². The Balaban J connectivity index is 1.66. The lowest BCUT2D eigenvalue weighted by Crippen LogP contribution is -2.48. The van der Waals surface area contributed by atoms with Crippen molar-refractivity contribution in [3.05, 3.63) is 59.7 Å². The molecule has 2 aromatic rings. The lowest BCUT2D eigenvalue weighted by Gasteiger charge is -2.31. The van der Waals surface area contributed by atoms with E-state index in [1.54, 1.807) is 25.1 Å². The molecule has 4 nitrogen and oxygen atoms in total. The summed E-state index contributed by atoms with van der Waals surface area (Å²) in [4.78, 5) is 12.3. The first-order chi connectivity index (χ1) is 11.0. The van der Waals surface area contributed by atoms with Gasteiger partial charge in [-0.1, -0.05) is 12.1 Å². The lowest BCUT2D eigenvalue weighted by molar-refractivity contribution is -0.133. The normalized spacial score (nSPS) is 19.3. The number of carbonyl (C=O) groups is 1. The van der Waals surface area contributed by atoms with E-state index >= 15 is 0 Å². The van der Waals surface area contributed by atoms with Crippen LogP contribution in [0.1, 0.15) is 12.5 Å². The molecule has 23 heavy (non-hydrogen) atoms. The maximum Gasteiger partial charge on any atom is 0.265 e. The largest absolute Gasteiger partial charge is 0.482 e. The van der Waals surface area contributed by atoms with Gasteiger partial charge in [0.1, 0.15) is 17.7 Å². The molecule has 2 aromatic carbocycles. The molecule has 120 valence electrons. The van der Waals surface area contributed by atoms with E-state index in [1.165, 1.54) is 12.1 Å². The number of para-hydroxylation sites is 2. The number of amides is 1. The van der Waals surface area contributed by atoms with Crippen molar-refractivity contribution in [2.75, 3.05) is 0 Å². The topological polar surface area (TPSA) is 47.6 Å². The van der Waals surface area contributed by atoms with Gasteiger partial charge < -0.3 is 14.8 Å². The van der Waals surface area contributed by atoms with Crippen LogP contribution in [0.3, 0.4) is 0 Å². The van der Waals surface area contributed by atoms with E-state index in [4.69, 9.17) is 9.47 Å². The molecule has 0 saturated carbocycles. The van der Waals surface area contributed by atoms with Gasteiger partial charge in [0, 0.05) is 12.6 Å². The molecule has 1 amide bonds. The van der Waals surface area contributed by atoms with Crippen LogP contribution >= 0.6 is 0 Å². The smallest absolute Gasteiger partial charge is 0.265 e. The summed E-state index contributed by atoms with van der Waals surface area (Å²) in [6, 6.07) is 10.2. The molecule has 0 radical (unpaired) electrons. The second-order valence-corrected chi connectivity index (χ2v) is 5.30. The highest BCUT2D eigenvalue weighted by molar-refractivity contribution is 5.82. The summed E-state index contributed by atoms with van der Waals surface area (Å²) >= 11 is 0. The van der Waals surface area contributed by atoms with Crippen LogP contribution in [0.2, 0.25) is 0 Å². The Kier molecular flexibility index (Phi) is 4.14. The van der Waals surface area contributed by atoms with Crippen LogP contribution in [0.15, 0.2) is 42.5 Å². The lowest BCUT2D eigenvalue weighted by atomic mass is 10.1. The molecule has 1 aliphatic rings. The van der Waals surface area contributed by atoms with Gasteiger partial charge in [-0.2, -0.15) is 0 Å². The molecule has 0 fully saturated rings. The fraction of sp³-hybridized carbons (Fsp3) is 0.235. The molecular formula is C17H15F2NO3. The fourth-order valence-corrected chi connectivity index (χ4v) is 2.41. The number of halogens is 2. The molecule has 2 atom stereocenters. The maximum atomic E-state index is 13.1. The van der Waals surface area contributed by atoms with Crippen LogP contribution in [-0.4, -0.2) is 18.1 Å². The molecule has 0 saturated heterocycles. The summed E-state index contributed by atoms with van der Waals surface area (Å²) in [7, 11) is 0. The van der Waals surface area contributed by atoms with Gasteiger partial charge in [-0.3, -0.25) is 4.79 Å². The fourth-order valence-electron chi connectivity index (χ4n) is 2.41. The summed E-state index contributed by atoms with van der Waals surface area (Å²) in [5.41, 5.74) is 0.334. The summed E-state index contributed by atoms with van der Waals surface area (Å²) in [5, 5.41) is 2.61. The summed E-state index contributed by atoms with van der Waals surface area (Å²) in [6.45, 7) is 1.73. The van der Waals surface area contributed by atoms with Gasteiger partial charge in [0.15, 0.2) is 11.5 Å². The summed E-state index contributed by atoms with van der Waals surface area (Å²) in [5.74, 6) is -0.710. The predicted octanol–water partition coefficient (Wildman–Crippen LogP) is 2.81. The third-order valence-corrected chi connectivity index (χ3v) is 3.49. The van der Waals surface area contributed by atoms with Crippen LogP contribution in [-0.2, 0) is 11.3 Å². The first-order valence-electron chi connectivity index (χ1n) is 7.18. The van der Waals surface area contributed by atoms with Crippen LogP contribution < -0.4 is 14.8 Å². The molecule has 6 heteroatoms. The van der Waals surface area contributed by atoms with Gasteiger partial charge in [-0.05, 0) is 36.8 Å². The third-order valence-electron chi connectivity index (χ3n) is 3.49. The molecule has 0 unspecified atom stereocenters. The van der Waals surface area contributed by atoms with E-state index < -0.39 is 29.7 Å². The second kappa shape index (κ2) is 6.24. The van der Waals surface area contributed by atoms with Crippen LogP contribution in [0.5, 0.6) is 11.5 Å². The monoisotopic (exact) mass is 319 g/mol. The van der Waals surface area contributed by atoms with Crippen LogP contribution in [0.4, 0.5) is 8.78 Å². The van der Waals surface area contributed by atoms with Gasteiger partial charge in [0.25, 0.3) is 5.91 Å². The zero-order chi connectivity index (χ0) is 16.4. The van der Waals surface area contributed by atoms with Crippen molar-refractivity contribution in [1.29, 1.82) is 0 Å². The molecular weight excluding hydrogens is 304 g/mol. The predicted molar refractivity (Wildman–Crippen MR) is 79.2 cm³/mol. The van der Waals surface area contributed by atoms with Crippen LogP contribution in [0, 0.1) is 11.6 Å². The van der Waals surface area contributed by atoms with E-state index in [0.29, 0.717) is 17.1 Å². The minimum Gasteiger partial charge on any atom is -0.482 e. The van der Waals surface area contributed by atoms with Gasteiger partial charge >= 0.3 is 0 Å². The summed E-state index contributed by atoms with van der Waals surface area (Å²) < 4.78 is 37.6. The minimum atomic E-state index is -0.830. The third kappa shape index (κ3) is 3.41. The molecule has 3 rings (SSSR count). The van der Waals surface area contributed by atoms with E-state index in [-0.39, 0.29) is 6.54 Å². The molecule has 0 aromatic heterocycles. The number of benzene rings is 2. The minimum absolute atomic E-state index is 0.00173. The van der Waals surface area contributed by atoms with Gasteiger partial charge in [-0.25, -0.2) is 8.78 Å². The number of ether oxygens (including phenoxy) is 2. The SMILES string of the molecule is C[C@@H]1Oc2ccccc2O[C@@H]1C(=O)NCc1cc(F)cc(F)c1. The Hall–Kier alpha value is -2.63. The molecule has 0 bridgehead atoms. The standard InChI is InChI=1S/C17H15F2NO3/c1-10-16(23-15-5-3-2-4-14(15)22-10)17(21)20-9-11-6-12(18)8-13(19)7-11/h2-8,10,16H,9H2,1H3,(H,20,21)/t10-,16-/m0/s1. The molecule has 1 N–H and O–H groups in total. The van der Waals surface area contributed by atoms with Crippen molar-refractivity contribution in [1.82, 2.24) is 5.32 Å². The first kappa shape index (κ1) is 15.3. The maximum absolute atomic E-state index is 13.1. The highest BCUT2D eigenvalue weighted by Gasteiger charge is 2.33. The number of rotatable bonds is 3. The molecule has 1 aliphatic heterocycles. The quantitative estimate of drug-likeness (QED) is 0.946. The van der Waals surface area contributed by atoms with Crippen molar-refractivity contribution >= 4 is 5.91 Å². The Morgan fingerprint density at radius 3 is 2.35 bits per heavy atom.